The first-order chi connectivity index (χ1) is 13.7. The van der Waals surface area contributed by atoms with Gasteiger partial charge in [-0.1, -0.05) is 24.3 Å². The third-order valence-corrected chi connectivity index (χ3v) is 4.28. The Bertz CT molecular complexity index is 780. The van der Waals surface area contributed by atoms with Crippen LogP contribution < -0.4 is 5.32 Å². The van der Waals surface area contributed by atoms with Gasteiger partial charge in [0, 0.05) is 38.6 Å². The van der Waals surface area contributed by atoms with E-state index in [1.165, 1.54) is 11.1 Å². The average Bonchev–Trinajstić information content (AvgIpc) is 2.63. The van der Waals surface area contributed by atoms with Crippen LogP contribution in [0.1, 0.15) is 43.3 Å². The first kappa shape index (κ1) is 22.6. The van der Waals surface area contributed by atoms with E-state index in [0.717, 1.165) is 31.0 Å². The lowest BCUT2D eigenvalue weighted by Crippen LogP contribution is -2.32. The first-order valence-corrected chi connectivity index (χ1v) is 9.90. The van der Waals surface area contributed by atoms with Crippen molar-refractivity contribution in [3.8, 4) is 0 Å². The molecule has 0 atom stereocenters. The predicted molar refractivity (Wildman–Crippen MR) is 115 cm³/mol. The van der Waals surface area contributed by atoms with Crippen LogP contribution in [0.4, 0.5) is 4.79 Å². The molecule has 1 amide bonds. The van der Waals surface area contributed by atoms with Crippen LogP contribution in [0.3, 0.4) is 0 Å². The second kappa shape index (κ2) is 10.7. The SMILES string of the molecule is Cc1cccnc1CN(C/C=C\CNC(=O)OC(C)(C)C)Cc1ncccc1C. The molecule has 0 fully saturated rings. The van der Waals surface area contributed by atoms with E-state index >= 15 is 0 Å². The van der Waals surface area contributed by atoms with Gasteiger partial charge in [-0.3, -0.25) is 14.9 Å². The third-order valence-electron chi connectivity index (χ3n) is 4.28. The number of carbonyl (C=O) groups is 1. The number of hydrogen-bond donors (Lipinski definition) is 1. The number of carbonyl (C=O) groups excluding carboxylic acids is 1. The summed E-state index contributed by atoms with van der Waals surface area (Å²) in [6.07, 6.45) is 7.23. The number of nitrogens with one attached hydrogen (secondary N) is 1. The summed E-state index contributed by atoms with van der Waals surface area (Å²) in [5.74, 6) is 0. The van der Waals surface area contributed by atoms with Crippen molar-refractivity contribution >= 4 is 6.09 Å². The summed E-state index contributed by atoms with van der Waals surface area (Å²) in [5.41, 5.74) is 3.96. The molecule has 0 saturated heterocycles. The smallest absolute Gasteiger partial charge is 0.407 e. The van der Waals surface area contributed by atoms with E-state index in [4.69, 9.17) is 4.74 Å². The summed E-state index contributed by atoms with van der Waals surface area (Å²) < 4.78 is 5.24. The Balaban J connectivity index is 1.97. The second-order valence-corrected chi connectivity index (χ2v) is 8.06. The molecule has 1 N–H and O–H groups in total. The highest BCUT2D eigenvalue weighted by atomic mass is 16.6. The maximum atomic E-state index is 11.7. The lowest BCUT2D eigenvalue weighted by atomic mass is 10.1. The Hall–Kier alpha value is -2.73. The molecule has 0 bridgehead atoms. The van der Waals surface area contributed by atoms with Crippen LogP contribution >= 0.6 is 0 Å². The molecule has 6 nitrogen and oxygen atoms in total. The van der Waals surface area contributed by atoms with Crippen LogP contribution in [-0.2, 0) is 17.8 Å². The molecule has 0 unspecified atom stereocenters. The van der Waals surface area contributed by atoms with E-state index in [-0.39, 0.29) is 0 Å². The van der Waals surface area contributed by atoms with Crippen LogP contribution in [0.2, 0.25) is 0 Å². The fraction of sp³-hybridized carbons (Fsp3) is 0.435. The van der Waals surface area contributed by atoms with Gasteiger partial charge in [-0.2, -0.15) is 0 Å². The van der Waals surface area contributed by atoms with Gasteiger partial charge in [-0.25, -0.2) is 4.79 Å². The molecule has 156 valence electrons. The van der Waals surface area contributed by atoms with E-state index in [1.807, 2.05) is 57.4 Å². The summed E-state index contributed by atoms with van der Waals surface area (Å²) in [4.78, 5) is 23.1. The van der Waals surface area contributed by atoms with Crippen molar-refractivity contribution in [2.45, 2.75) is 53.3 Å². The molecule has 0 spiro atoms. The van der Waals surface area contributed by atoms with Crippen molar-refractivity contribution in [3.63, 3.8) is 0 Å². The van der Waals surface area contributed by atoms with Gasteiger partial charge in [0.25, 0.3) is 0 Å². The molecule has 0 radical (unpaired) electrons. The first-order valence-electron chi connectivity index (χ1n) is 9.90. The fourth-order valence-corrected chi connectivity index (χ4v) is 2.74. The Kier molecular flexibility index (Phi) is 8.34. The van der Waals surface area contributed by atoms with Crippen molar-refractivity contribution in [2.75, 3.05) is 13.1 Å². The molecule has 2 aromatic rings. The maximum Gasteiger partial charge on any atom is 0.407 e. The average molecular weight is 397 g/mol. The molecular weight excluding hydrogens is 364 g/mol. The zero-order chi connectivity index (χ0) is 21.3. The summed E-state index contributed by atoms with van der Waals surface area (Å²) in [6.45, 7) is 12.3. The highest BCUT2D eigenvalue weighted by Crippen LogP contribution is 2.12. The van der Waals surface area contributed by atoms with Gasteiger partial charge in [-0.15, -0.1) is 0 Å². The number of ether oxygens (including phenoxy) is 1. The zero-order valence-electron chi connectivity index (χ0n) is 18.1. The van der Waals surface area contributed by atoms with Gasteiger partial charge in [-0.05, 0) is 57.9 Å². The number of amides is 1. The minimum atomic E-state index is -0.494. The molecule has 0 aliphatic heterocycles. The lowest BCUT2D eigenvalue weighted by Gasteiger charge is -2.22. The third kappa shape index (κ3) is 8.44. The molecule has 2 heterocycles. The summed E-state index contributed by atoms with van der Waals surface area (Å²) in [6, 6.07) is 8.06. The highest BCUT2D eigenvalue weighted by Gasteiger charge is 2.15. The topological polar surface area (TPSA) is 67.4 Å². The molecule has 0 aliphatic rings. The summed E-state index contributed by atoms with van der Waals surface area (Å²) in [7, 11) is 0. The zero-order valence-corrected chi connectivity index (χ0v) is 18.1. The van der Waals surface area contributed by atoms with Gasteiger partial charge < -0.3 is 10.1 Å². The van der Waals surface area contributed by atoms with E-state index < -0.39 is 11.7 Å². The minimum absolute atomic E-state index is 0.410. The van der Waals surface area contributed by atoms with Crippen molar-refractivity contribution in [1.82, 2.24) is 20.2 Å². The van der Waals surface area contributed by atoms with Crippen molar-refractivity contribution in [3.05, 3.63) is 71.3 Å². The van der Waals surface area contributed by atoms with Gasteiger partial charge in [0.15, 0.2) is 0 Å². The van der Waals surface area contributed by atoms with Crippen molar-refractivity contribution < 1.29 is 9.53 Å². The van der Waals surface area contributed by atoms with Gasteiger partial charge >= 0.3 is 6.09 Å². The van der Waals surface area contributed by atoms with Crippen LogP contribution in [0.25, 0.3) is 0 Å². The standard InChI is InChI=1S/C23H32N4O2/c1-18-10-8-13-24-20(18)16-27(17-21-19(2)11-9-14-25-21)15-7-6-12-26-22(28)29-23(3,4)5/h6-11,13-14H,12,15-17H2,1-5H3,(H,26,28)/b7-6-. The number of nitrogens with zero attached hydrogens (tertiary/aromatic N) is 3. The van der Waals surface area contributed by atoms with E-state index in [0.29, 0.717) is 6.54 Å². The fourth-order valence-electron chi connectivity index (χ4n) is 2.74. The largest absolute Gasteiger partial charge is 0.444 e. The molecule has 0 saturated carbocycles. The van der Waals surface area contributed by atoms with Crippen LogP contribution in [-0.4, -0.2) is 39.7 Å². The van der Waals surface area contributed by atoms with Gasteiger partial charge in [0.1, 0.15) is 5.60 Å². The normalized spacial score (nSPS) is 11.8. The summed E-state index contributed by atoms with van der Waals surface area (Å²) in [5, 5.41) is 2.74. The van der Waals surface area contributed by atoms with E-state index in [2.05, 4.69) is 46.2 Å². The quantitative estimate of drug-likeness (QED) is 0.678. The number of hydrogen-bond acceptors (Lipinski definition) is 5. The molecule has 2 aromatic heterocycles. The Morgan fingerprint density at radius 1 is 1.03 bits per heavy atom. The van der Waals surface area contributed by atoms with Crippen LogP contribution in [0, 0.1) is 13.8 Å². The monoisotopic (exact) mass is 396 g/mol. The maximum absolute atomic E-state index is 11.7. The Morgan fingerprint density at radius 2 is 1.59 bits per heavy atom. The van der Waals surface area contributed by atoms with Gasteiger partial charge in [0.05, 0.1) is 11.4 Å². The number of aromatic nitrogens is 2. The molecule has 2 rings (SSSR count). The van der Waals surface area contributed by atoms with Crippen LogP contribution in [0.5, 0.6) is 0 Å². The van der Waals surface area contributed by atoms with E-state index in [9.17, 15) is 4.79 Å². The summed E-state index contributed by atoms with van der Waals surface area (Å²) >= 11 is 0. The molecule has 6 heteroatoms. The number of pyridine rings is 2. The lowest BCUT2D eigenvalue weighted by molar-refractivity contribution is 0.0534. The van der Waals surface area contributed by atoms with E-state index in [1.54, 1.807) is 0 Å². The van der Waals surface area contributed by atoms with Crippen molar-refractivity contribution in [1.29, 1.82) is 0 Å². The Labute approximate surface area is 174 Å². The molecule has 0 aliphatic carbocycles. The molecular formula is C23H32N4O2. The minimum Gasteiger partial charge on any atom is -0.444 e. The highest BCUT2D eigenvalue weighted by molar-refractivity contribution is 5.67. The number of alkyl carbamates (subject to hydrolysis) is 1. The number of rotatable bonds is 8. The van der Waals surface area contributed by atoms with Crippen molar-refractivity contribution in [2.24, 2.45) is 0 Å². The predicted octanol–water partition coefficient (Wildman–Crippen LogP) is 4.18. The number of aryl methyl sites for hydroxylation is 2. The van der Waals surface area contributed by atoms with Crippen LogP contribution in [0.15, 0.2) is 48.8 Å². The Morgan fingerprint density at radius 3 is 2.07 bits per heavy atom. The van der Waals surface area contributed by atoms with Gasteiger partial charge in [0.2, 0.25) is 0 Å². The second-order valence-electron chi connectivity index (χ2n) is 8.06. The molecule has 0 aromatic carbocycles. The molecule has 29 heavy (non-hydrogen) atoms.